The van der Waals surface area contributed by atoms with E-state index in [4.69, 9.17) is 0 Å². The second kappa shape index (κ2) is 6.84. The Kier molecular flexibility index (Phi) is 4.88. The smallest absolute Gasteiger partial charge is 0.406 e. The molecule has 0 aromatic heterocycles. The Morgan fingerprint density at radius 3 is 2.32 bits per heavy atom. The molecule has 2 aromatic carbocycles. The van der Waals surface area contributed by atoms with E-state index in [0.717, 1.165) is 17.7 Å². The predicted octanol–water partition coefficient (Wildman–Crippen LogP) is 3.71. The van der Waals surface area contributed by atoms with E-state index < -0.39 is 12.4 Å². The minimum Gasteiger partial charge on any atom is -0.406 e. The van der Waals surface area contributed by atoms with Crippen molar-refractivity contribution in [1.82, 2.24) is 5.32 Å². The Bertz CT molecular complexity index is 613. The summed E-state index contributed by atoms with van der Waals surface area (Å²) in [5, 5.41) is 5.13. The Morgan fingerprint density at radius 1 is 1.09 bits per heavy atom. The van der Waals surface area contributed by atoms with Crippen molar-refractivity contribution >= 4 is 11.7 Å². The first-order chi connectivity index (χ1) is 10.4. The lowest BCUT2D eigenvalue weighted by molar-refractivity contribution is -0.274. The van der Waals surface area contributed by atoms with Crippen molar-refractivity contribution in [2.24, 2.45) is 0 Å². The van der Waals surface area contributed by atoms with Crippen molar-refractivity contribution in [3.63, 3.8) is 0 Å². The standard InChI is InChI=1S/C15H12F3N2O2/c16-15(17,18)22-13-8-6-12(7-9-13)20-14(21)19-10-11-4-2-1-3-5-11/h2-9H,10H2,(H2,19,20,21). The van der Waals surface area contributed by atoms with Crippen molar-refractivity contribution in [2.45, 2.75) is 12.9 Å². The van der Waals surface area contributed by atoms with Crippen LogP contribution in [0.25, 0.3) is 0 Å². The molecule has 0 spiro atoms. The van der Waals surface area contributed by atoms with Crippen molar-refractivity contribution in [1.29, 1.82) is 0 Å². The molecular formula is C15H12F3N2O2. The number of hydrogen-bond donors (Lipinski definition) is 2. The molecule has 0 unspecified atom stereocenters. The van der Waals surface area contributed by atoms with E-state index in [1.165, 1.54) is 12.1 Å². The Labute approximate surface area is 124 Å². The molecule has 22 heavy (non-hydrogen) atoms. The van der Waals surface area contributed by atoms with Crippen LogP contribution in [0, 0.1) is 6.07 Å². The lowest BCUT2D eigenvalue weighted by Crippen LogP contribution is -2.28. The SMILES string of the molecule is O=C(NCc1cc[c]cc1)Nc1ccc(OC(F)(F)F)cc1. The second-order valence-corrected chi connectivity index (χ2v) is 4.29. The highest BCUT2D eigenvalue weighted by Crippen LogP contribution is 2.23. The van der Waals surface area contributed by atoms with Crippen LogP contribution in [0.3, 0.4) is 0 Å². The summed E-state index contributed by atoms with van der Waals surface area (Å²) in [6.45, 7) is 0.329. The molecule has 1 radical (unpaired) electrons. The highest BCUT2D eigenvalue weighted by molar-refractivity contribution is 5.89. The van der Waals surface area contributed by atoms with Crippen LogP contribution >= 0.6 is 0 Å². The van der Waals surface area contributed by atoms with Gasteiger partial charge in [-0.25, -0.2) is 4.79 Å². The maximum atomic E-state index is 12.0. The lowest BCUT2D eigenvalue weighted by Gasteiger charge is -2.10. The predicted molar refractivity (Wildman–Crippen MR) is 74.3 cm³/mol. The molecule has 7 heteroatoms. The minimum absolute atomic E-state index is 0.329. The number of anilines is 1. The zero-order valence-corrected chi connectivity index (χ0v) is 11.3. The molecule has 2 amide bonds. The first-order valence-electron chi connectivity index (χ1n) is 6.28. The summed E-state index contributed by atoms with van der Waals surface area (Å²) in [6.07, 6.45) is -4.74. The molecule has 4 nitrogen and oxygen atoms in total. The molecule has 115 valence electrons. The Morgan fingerprint density at radius 2 is 1.73 bits per heavy atom. The van der Waals surface area contributed by atoms with Crippen LogP contribution in [0.5, 0.6) is 5.75 Å². The van der Waals surface area contributed by atoms with Gasteiger partial charge in [-0.1, -0.05) is 24.3 Å². The average molecular weight is 309 g/mol. The van der Waals surface area contributed by atoms with Crippen molar-refractivity contribution in [2.75, 3.05) is 5.32 Å². The Balaban J connectivity index is 1.84. The number of hydrogen-bond acceptors (Lipinski definition) is 2. The molecule has 2 N–H and O–H groups in total. The highest BCUT2D eigenvalue weighted by Gasteiger charge is 2.30. The van der Waals surface area contributed by atoms with Gasteiger partial charge in [0.25, 0.3) is 0 Å². The fourth-order valence-corrected chi connectivity index (χ4v) is 1.64. The summed E-state index contributed by atoms with van der Waals surface area (Å²) in [5.41, 5.74) is 1.26. The molecule has 0 aliphatic heterocycles. The van der Waals surface area contributed by atoms with Crippen LogP contribution in [0.1, 0.15) is 5.56 Å². The average Bonchev–Trinajstić information content (AvgIpc) is 2.47. The number of benzene rings is 2. The highest BCUT2D eigenvalue weighted by atomic mass is 19.4. The van der Waals surface area contributed by atoms with E-state index in [1.807, 2.05) is 12.1 Å². The maximum absolute atomic E-state index is 12.0. The van der Waals surface area contributed by atoms with E-state index in [-0.39, 0.29) is 5.75 Å². The summed E-state index contributed by atoms with van der Waals surface area (Å²) < 4.78 is 39.8. The molecule has 0 aliphatic carbocycles. The molecular weight excluding hydrogens is 297 g/mol. The van der Waals surface area contributed by atoms with E-state index in [2.05, 4.69) is 21.4 Å². The molecule has 0 saturated heterocycles. The third-order valence-corrected chi connectivity index (χ3v) is 2.59. The fraction of sp³-hybridized carbons (Fsp3) is 0.133. The van der Waals surface area contributed by atoms with E-state index >= 15 is 0 Å². The van der Waals surface area contributed by atoms with Crippen LogP contribution in [0.4, 0.5) is 23.7 Å². The summed E-state index contributed by atoms with van der Waals surface area (Å²) in [4.78, 5) is 11.7. The van der Waals surface area contributed by atoms with Crippen molar-refractivity contribution in [3.05, 3.63) is 60.2 Å². The van der Waals surface area contributed by atoms with Gasteiger partial charge in [0.2, 0.25) is 0 Å². The normalized spacial score (nSPS) is 10.9. The summed E-state index contributed by atoms with van der Waals surface area (Å²) in [5.74, 6) is -0.348. The molecule has 2 aromatic rings. The van der Waals surface area contributed by atoms with Gasteiger partial charge in [-0.2, -0.15) is 0 Å². The van der Waals surface area contributed by atoms with E-state index in [1.54, 1.807) is 12.1 Å². The zero-order chi connectivity index (χ0) is 16.0. The third-order valence-electron chi connectivity index (χ3n) is 2.59. The number of halogens is 3. The lowest BCUT2D eigenvalue weighted by atomic mass is 10.2. The number of urea groups is 1. The van der Waals surface area contributed by atoms with Crippen LogP contribution in [0.15, 0.2) is 48.5 Å². The van der Waals surface area contributed by atoms with Crippen molar-refractivity contribution < 1.29 is 22.7 Å². The van der Waals surface area contributed by atoms with Gasteiger partial charge in [0, 0.05) is 12.2 Å². The number of carbonyl (C=O) groups excluding carboxylic acids is 1. The largest absolute Gasteiger partial charge is 0.573 e. The van der Waals surface area contributed by atoms with E-state index in [0.29, 0.717) is 12.2 Å². The number of carbonyl (C=O) groups is 1. The molecule has 0 atom stereocenters. The molecule has 2 rings (SSSR count). The minimum atomic E-state index is -4.74. The van der Waals surface area contributed by atoms with Crippen molar-refractivity contribution in [3.8, 4) is 5.75 Å². The van der Waals surface area contributed by atoms with Crippen LogP contribution in [0.2, 0.25) is 0 Å². The number of alkyl halides is 3. The van der Waals surface area contributed by atoms with Gasteiger partial charge < -0.3 is 15.4 Å². The van der Waals surface area contributed by atoms with Gasteiger partial charge in [0.1, 0.15) is 5.75 Å². The van der Waals surface area contributed by atoms with Gasteiger partial charge in [-0.15, -0.1) is 13.2 Å². The summed E-state index contributed by atoms with van der Waals surface area (Å²) in [7, 11) is 0. The fourth-order valence-electron chi connectivity index (χ4n) is 1.64. The summed E-state index contributed by atoms with van der Waals surface area (Å²) in [6, 6.07) is 14.4. The molecule has 0 aliphatic rings. The monoisotopic (exact) mass is 309 g/mol. The first-order valence-corrected chi connectivity index (χ1v) is 6.28. The number of ether oxygens (including phenoxy) is 1. The molecule has 0 heterocycles. The van der Waals surface area contributed by atoms with Gasteiger partial charge in [0.15, 0.2) is 0 Å². The maximum Gasteiger partial charge on any atom is 0.573 e. The first kappa shape index (κ1) is 15.7. The third kappa shape index (κ3) is 5.35. The van der Waals surface area contributed by atoms with Crippen LogP contribution < -0.4 is 15.4 Å². The number of nitrogens with one attached hydrogen (secondary N) is 2. The molecule has 0 fully saturated rings. The molecule has 0 bridgehead atoms. The Hall–Kier alpha value is -2.70. The number of amides is 2. The number of rotatable bonds is 4. The van der Waals surface area contributed by atoms with Gasteiger partial charge >= 0.3 is 12.4 Å². The quantitative estimate of drug-likeness (QED) is 0.904. The topological polar surface area (TPSA) is 50.4 Å². The second-order valence-electron chi connectivity index (χ2n) is 4.29. The zero-order valence-electron chi connectivity index (χ0n) is 11.3. The van der Waals surface area contributed by atoms with E-state index in [9.17, 15) is 18.0 Å². The van der Waals surface area contributed by atoms with Crippen LogP contribution in [-0.4, -0.2) is 12.4 Å². The van der Waals surface area contributed by atoms with Gasteiger partial charge in [-0.05, 0) is 35.9 Å². The van der Waals surface area contributed by atoms with Crippen LogP contribution in [-0.2, 0) is 6.54 Å². The van der Waals surface area contributed by atoms with Gasteiger partial charge in [0.05, 0.1) is 0 Å². The molecule has 0 saturated carbocycles. The summed E-state index contributed by atoms with van der Waals surface area (Å²) >= 11 is 0. The van der Waals surface area contributed by atoms with Gasteiger partial charge in [-0.3, -0.25) is 0 Å².